The van der Waals surface area contributed by atoms with Gasteiger partial charge in [0.15, 0.2) is 0 Å². The Hall–Kier alpha value is -1.74. The number of rotatable bonds is 6. The van der Waals surface area contributed by atoms with Crippen molar-refractivity contribution >= 4 is 33.0 Å². The Morgan fingerprint density at radius 3 is 2.86 bits per heavy atom. The van der Waals surface area contributed by atoms with Gasteiger partial charge in [0.05, 0.1) is 11.0 Å². The minimum atomic E-state index is -3.68. The number of aryl methyl sites for hydroxylation is 1. The summed E-state index contributed by atoms with van der Waals surface area (Å²) in [6.45, 7) is 3.62. The van der Waals surface area contributed by atoms with Gasteiger partial charge >= 0.3 is 0 Å². The molecule has 1 fully saturated rings. The van der Waals surface area contributed by atoms with Crippen molar-refractivity contribution in [2.24, 2.45) is 0 Å². The highest BCUT2D eigenvalue weighted by Gasteiger charge is 2.31. The molecule has 3 heterocycles. The molecule has 1 unspecified atom stereocenters. The number of hydrogen-bond donors (Lipinski definition) is 0. The number of amides is 1. The number of benzene rings is 1. The van der Waals surface area contributed by atoms with E-state index in [0.29, 0.717) is 26.2 Å². The number of thiophene rings is 1. The number of fused-ring (bicyclic) bond motifs is 1. The van der Waals surface area contributed by atoms with Crippen LogP contribution >= 0.6 is 11.3 Å². The van der Waals surface area contributed by atoms with Crippen LogP contribution in [-0.2, 0) is 32.5 Å². The van der Waals surface area contributed by atoms with Gasteiger partial charge < -0.3 is 9.64 Å². The number of carbonyl (C=O) groups is 1. The lowest BCUT2D eigenvalue weighted by atomic mass is 10.0. The third-order valence-corrected chi connectivity index (χ3v) is 8.20. The molecule has 1 aromatic carbocycles. The molecule has 4 rings (SSSR count). The lowest BCUT2D eigenvalue weighted by Gasteiger charge is -2.30. The molecule has 0 saturated carbocycles. The molecule has 2 aliphatic heterocycles. The summed E-state index contributed by atoms with van der Waals surface area (Å²) in [6, 6.07) is 9.05. The highest BCUT2D eigenvalue weighted by molar-refractivity contribution is 7.89. The van der Waals surface area contributed by atoms with Crippen LogP contribution in [0.5, 0.6) is 0 Å². The van der Waals surface area contributed by atoms with Crippen molar-refractivity contribution in [1.82, 2.24) is 4.31 Å². The van der Waals surface area contributed by atoms with Crippen LogP contribution < -0.4 is 4.90 Å². The van der Waals surface area contributed by atoms with E-state index < -0.39 is 10.0 Å². The Kier molecular flexibility index (Phi) is 6.06. The Bertz CT molecular complexity index is 967. The minimum absolute atomic E-state index is 0.0146. The maximum absolute atomic E-state index is 13.5. The second kappa shape index (κ2) is 8.55. The van der Waals surface area contributed by atoms with Crippen LogP contribution in [0.25, 0.3) is 0 Å². The topological polar surface area (TPSA) is 66.9 Å². The number of anilines is 1. The molecule has 0 aliphatic carbocycles. The van der Waals surface area contributed by atoms with Gasteiger partial charge in [0.2, 0.25) is 15.9 Å². The molecule has 0 radical (unpaired) electrons. The third kappa shape index (κ3) is 4.40. The molecular weight excluding hydrogens is 408 g/mol. The molecular formula is C21H26N2O4S2. The Morgan fingerprint density at radius 2 is 2.17 bits per heavy atom. The zero-order valence-corrected chi connectivity index (χ0v) is 18.2. The first-order valence-corrected chi connectivity index (χ1v) is 12.3. The fourth-order valence-electron chi connectivity index (χ4n) is 4.05. The summed E-state index contributed by atoms with van der Waals surface area (Å²) in [5.74, 6) is -0.0146. The van der Waals surface area contributed by atoms with Crippen molar-refractivity contribution in [3.05, 3.63) is 46.2 Å². The molecule has 1 amide bonds. The van der Waals surface area contributed by atoms with Crippen molar-refractivity contribution in [2.45, 2.75) is 50.2 Å². The standard InChI is InChI=1S/C21H26N2O4S2/c1-16(24)23-10-2-5-17-13-20(8-9-21(17)23)29(25,26)22(14-18-6-3-11-27-18)15-19-7-4-12-28-19/h4,7-9,12-13,18H,2-3,5-6,10-11,14-15H2,1H3. The van der Waals surface area contributed by atoms with Crippen molar-refractivity contribution < 1.29 is 17.9 Å². The second-order valence-electron chi connectivity index (χ2n) is 7.58. The summed E-state index contributed by atoms with van der Waals surface area (Å²) in [5.41, 5.74) is 1.74. The predicted octanol–water partition coefficient (Wildman–Crippen LogP) is 3.42. The fraction of sp³-hybridized carbons (Fsp3) is 0.476. The first-order valence-electron chi connectivity index (χ1n) is 10.0. The quantitative estimate of drug-likeness (QED) is 0.699. The average molecular weight is 435 g/mol. The number of carbonyl (C=O) groups excluding carboxylic acids is 1. The van der Waals surface area contributed by atoms with Crippen molar-refractivity contribution in [3.8, 4) is 0 Å². The van der Waals surface area contributed by atoms with Gasteiger partial charge in [-0.15, -0.1) is 11.3 Å². The number of ether oxygens (including phenoxy) is 1. The SMILES string of the molecule is CC(=O)N1CCCc2cc(S(=O)(=O)N(Cc3cccs3)CC3CCCO3)ccc21. The normalized spacial score (nSPS) is 19.5. The monoisotopic (exact) mass is 434 g/mol. The van der Waals surface area contributed by atoms with E-state index >= 15 is 0 Å². The highest BCUT2D eigenvalue weighted by atomic mass is 32.2. The van der Waals surface area contributed by atoms with Crippen molar-refractivity contribution in [1.29, 1.82) is 0 Å². The second-order valence-corrected chi connectivity index (χ2v) is 10.5. The summed E-state index contributed by atoms with van der Waals surface area (Å²) in [5, 5.41) is 1.96. The molecule has 1 saturated heterocycles. The van der Waals surface area contributed by atoms with E-state index in [9.17, 15) is 13.2 Å². The zero-order valence-electron chi connectivity index (χ0n) is 16.5. The Labute approximate surface area is 176 Å². The number of sulfonamides is 1. The van der Waals surface area contributed by atoms with E-state index in [1.54, 1.807) is 45.7 Å². The summed E-state index contributed by atoms with van der Waals surface area (Å²) in [7, 11) is -3.68. The fourth-order valence-corrected chi connectivity index (χ4v) is 6.35. The summed E-state index contributed by atoms with van der Waals surface area (Å²) < 4.78 is 34.3. The van der Waals surface area contributed by atoms with Gasteiger partial charge in [0, 0.05) is 43.7 Å². The van der Waals surface area contributed by atoms with Crippen molar-refractivity contribution in [3.63, 3.8) is 0 Å². The van der Waals surface area contributed by atoms with Gasteiger partial charge in [-0.1, -0.05) is 6.07 Å². The van der Waals surface area contributed by atoms with Crippen LogP contribution in [0.4, 0.5) is 5.69 Å². The largest absolute Gasteiger partial charge is 0.377 e. The molecule has 2 aromatic rings. The molecule has 29 heavy (non-hydrogen) atoms. The summed E-state index contributed by atoms with van der Waals surface area (Å²) >= 11 is 1.56. The lowest BCUT2D eigenvalue weighted by Crippen LogP contribution is -2.37. The van der Waals surface area contributed by atoms with Crippen LogP contribution in [0.2, 0.25) is 0 Å². The van der Waals surface area contributed by atoms with Gasteiger partial charge in [-0.3, -0.25) is 4.79 Å². The number of nitrogens with zero attached hydrogens (tertiary/aromatic N) is 2. The summed E-state index contributed by atoms with van der Waals surface area (Å²) in [4.78, 5) is 14.9. The molecule has 156 valence electrons. The van der Waals surface area contributed by atoms with E-state index in [2.05, 4.69) is 0 Å². The van der Waals surface area contributed by atoms with Crippen LogP contribution in [0.15, 0.2) is 40.6 Å². The molecule has 1 aromatic heterocycles. The average Bonchev–Trinajstić information content (AvgIpc) is 3.40. The smallest absolute Gasteiger partial charge is 0.243 e. The Morgan fingerprint density at radius 1 is 1.31 bits per heavy atom. The molecule has 8 heteroatoms. The lowest BCUT2D eigenvalue weighted by molar-refractivity contribution is -0.116. The maximum atomic E-state index is 13.5. The first kappa shape index (κ1) is 20.5. The van der Waals surface area contributed by atoms with E-state index in [0.717, 1.165) is 41.8 Å². The molecule has 0 N–H and O–H groups in total. The predicted molar refractivity (Wildman–Crippen MR) is 114 cm³/mol. The van der Waals surface area contributed by atoms with Gasteiger partial charge in [0.25, 0.3) is 0 Å². The van der Waals surface area contributed by atoms with Gasteiger partial charge in [-0.25, -0.2) is 8.42 Å². The number of hydrogen-bond acceptors (Lipinski definition) is 5. The highest BCUT2D eigenvalue weighted by Crippen LogP contribution is 2.31. The van der Waals surface area contributed by atoms with E-state index in [1.165, 1.54) is 0 Å². The maximum Gasteiger partial charge on any atom is 0.243 e. The van der Waals surface area contributed by atoms with E-state index in [4.69, 9.17) is 4.74 Å². The zero-order chi connectivity index (χ0) is 20.4. The van der Waals surface area contributed by atoms with Gasteiger partial charge in [0.1, 0.15) is 0 Å². The van der Waals surface area contributed by atoms with Crippen LogP contribution in [0.3, 0.4) is 0 Å². The third-order valence-electron chi connectivity index (χ3n) is 5.53. The van der Waals surface area contributed by atoms with Crippen LogP contribution in [0.1, 0.15) is 36.6 Å². The molecule has 6 nitrogen and oxygen atoms in total. The summed E-state index contributed by atoms with van der Waals surface area (Å²) in [6.07, 6.45) is 3.41. The van der Waals surface area contributed by atoms with Crippen LogP contribution in [0, 0.1) is 0 Å². The van der Waals surface area contributed by atoms with Crippen molar-refractivity contribution in [2.75, 3.05) is 24.6 Å². The molecule has 1 atom stereocenters. The minimum Gasteiger partial charge on any atom is -0.377 e. The van der Waals surface area contributed by atoms with Gasteiger partial charge in [-0.05, 0) is 60.9 Å². The van der Waals surface area contributed by atoms with Gasteiger partial charge in [-0.2, -0.15) is 4.31 Å². The van der Waals surface area contributed by atoms with Crippen LogP contribution in [-0.4, -0.2) is 44.4 Å². The molecule has 0 spiro atoms. The molecule has 0 bridgehead atoms. The first-order chi connectivity index (χ1) is 13.9. The molecule has 2 aliphatic rings. The van der Waals surface area contributed by atoms with E-state index in [-0.39, 0.29) is 16.9 Å². The Balaban J connectivity index is 1.65. The van der Waals surface area contributed by atoms with E-state index in [1.807, 2.05) is 17.5 Å².